The maximum atomic E-state index is 12.7. The lowest BCUT2D eigenvalue weighted by atomic mass is 10.1. The van der Waals surface area contributed by atoms with Gasteiger partial charge in [-0.1, -0.05) is 60.7 Å². The van der Waals surface area contributed by atoms with Crippen molar-refractivity contribution in [3.05, 3.63) is 71.8 Å². The van der Waals surface area contributed by atoms with Gasteiger partial charge in [-0.25, -0.2) is 0 Å². The summed E-state index contributed by atoms with van der Waals surface area (Å²) in [4.78, 5) is 14.6. The molecule has 3 heteroatoms. The Hall–Kier alpha value is -2.13. The van der Waals surface area contributed by atoms with Gasteiger partial charge in [0.1, 0.15) is 0 Å². The Morgan fingerprint density at radius 1 is 0.917 bits per heavy atom. The highest BCUT2D eigenvalue weighted by atomic mass is 16.2. The van der Waals surface area contributed by atoms with Crippen molar-refractivity contribution >= 4 is 5.91 Å². The molecule has 24 heavy (non-hydrogen) atoms. The lowest BCUT2D eigenvalue weighted by Crippen LogP contribution is -2.45. The standard InChI is InChI=1S/C21H28N2O/c1-21(2,3)22-16-20(24)23(17-19-12-8-5-9-13-19)15-14-18-10-6-4-7-11-18/h4-13,22H,14-17H2,1-3H3. The second-order valence-corrected chi connectivity index (χ2v) is 7.14. The fraction of sp³-hybridized carbons (Fsp3) is 0.381. The van der Waals surface area contributed by atoms with E-state index in [2.05, 4.69) is 50.4 Å². The van der Waals surface area contributed by atoms with E-state index in [1.54, 1.807) is 0 Å². The summed E-state index contributed by atoms with van der Waals surface area (Å²) in [6.07, 6.45) is 0.870. The van der Waals surface area contributed by atoms with E-state index >= 15 is 0 Å². The summed E-state index contributed by atoms with van der Waals surface area (Å²) in [7, 11) is 0. The van der Waals surface area contributed by atoms with Gasteiger partial charge in [0.05, 0.1) is 6.54 Å². The monoisotopic (exact) mass is 324 g/mol. The van der Waals surface area contributed by atoms with Crippen LogP contribution < -0.4 is 5.32 Å². The Morgan fingerprint density at radius 3 is 2.00 bits per heavy atom. The molecular weight excluding hydrogens is 296 g/mol. The second kappa shape index (κ2) is 8.65. The number of hydrogen-bond donors (Lipinski definition) is 1. The highest BCUT2D eigenvalue weighted by Gasteiger charge is 2.17. The Bertz CT molecular complexity index is 617. The van der Waals surface area contributed by atoms with Crippen molar-refractivity contribution in [3.63, 3.8) is 0 Å². The van der Waals surface area contributed by atoms with Crippen LogP contribution in [0.4, 0.5) is 0 Å². The third-order valence-corrected chi connectivity index (χ3v) is 3.85. The molecule has 1 N–H and O–H groups in total. The highest BCUT2D eigenvalue weighted by molar-refractivity contribution is 5.78. The van der Waals surface area contributed by atoms with Crippen LogP contribution >= 0.6 is 0 Å². The van der Waals surface area contributed by atoms with Gasteiger partial charge in [-0.15, -0.1) is 0 Å². The van der Waals surface area contributed by atoms with Crippen LogP contribution in [0.2, 0.25) is 0 Å². The topological polar surface area (TPSA) is 32.3 Å². The van der Waals surface area contributed by atoms with E-state index in [1.165, 1.54) is 5.56 Å². The van der Waals surface area contributed by atoms with Crippen molar-refractivity contribution < 1.29 is 4.79 Å². The van der Waals surface area contributed by atoms with E-state index in [-0.39, 0.29) is 11.4 Å². The van der Waals surface area contributed by atoms with Gasteiger partial charge in [-0.2, -0.15) is 0 Å². The van der Waals surface area contributed by atoms with Crippen LogP contribution in [0.15, 0.2) is 60.7 Å². The lowest BCUT2D eigenvalue weighted by Gasteiger charge is -2.26. The fourth-order valence-corrected chi connectivity index (χ4v) is 2.46. The summed E-state index contributed by atoms with van der Waals surface area (Å²) in [6.45, 7) is 7.97. The largest absolute Gasteiger partial charge is 0.337 e. The molecule has 0 radical (unpaired) electrons. The summed E-state index contributed by atoms with van der Waals surface area (Å²) in [5.74, 6) is 0.143. The molecule has 0 heterocycles. The van der Waals surface area contributed by atoms with Crippen molar-refractivity contribution in [2.75, 3.05) is 13.1 Å². The molecule has 0 atom stereocenters. The quantitative estimate of drug-likeness (QED) is 0.843. The van der Waals surface area contributed by atoms with Crippen molar-refractivity contribution in [2.24, 2.45) is 0 Å². The zero-order valence-corrected chi connectivity index (χ0v) is 15.0. The van der Waals surface area contributed by atoms with Gasteiger partial charge >= 0.3 is 0 Å². The molecule has 0 saturated carbocycles. The SMILES string of the molecule is CC(C)(C)NCC(=O)N(CCc1ccccc1)Cc1ccccc1. The maximum Gasteiger partial charge on any atom is 0.236 e. The number of nitrogens with one attached hydrogen (secondary N) is 1. The first kappa shape index (κ1) is 18.2. The van der Waals surface area contributed by atoms with Crippen molar-refractivity contribution in [3.8, 4) is 0 Å². The van der Waals surface area contributed by atoms with Crippen molar-refractivity contribution in [1.29, 1.82) is 0 Å². The molecule has 3 nitrogen and oxygen atoms in total. The molecule has 1 amide bonds. The van der Waals surface area contributed by atoms with Gasteiger partial charge in [0, 0.05) is 18.6 Å². The molecule has 2 aromatic rings. The minimum atomic E-state index is -0.0620. The summed E-state index contributed by atoms with van der Waals surface area (Å²) in [6, 6.07) is 20.5. The van der Waals surface area contributed by atoms with Crippen LogP contribution in [-0.2, 0) is 17.8 Å². The normalized spacial score (nSPS) is 11.3. The molecule has 2 aromatic carbocycles. The van der Waals surface area contributed by atoms with Crippen LogP contribution in [0.1, 0.15) is 31.9 Å². The molecule has 0 aliphatic rings. The van der Waals surface area contributed by atoms with E-state index in [9.17, 15) is 4.79 Å². The van der Waals surface area contributed by atoms with Crippen molar-refractivity contribution in [2.45, 2.75) is 39.3 Å². The fourth-order valence-electron chi connectivity index (χ4n) is 2.46. The number of amides is 1. The molecule has 0 aliphatic carbocycles. The van der Waals surface area contributed by atoms with Crippen LogP contribution in [0.5, 0.6) is 0 Å². The van der Waals surface area contributed by atoms with E-state index in [0.717, 1.165) is 18.5 Å². The Labute approximate surface area is 145 Å². The molecule has 0 aliphatic heterocycles. The number of nitrogens with zero attached hydrogens (tertiary/aromatic N) is 1. The Balaban J connectivity index is 2.01. The predicted octanol–water partition coefficient (Wildman–Crippen LogP) is 3.65. The summed E-state index contributed by atoms with van der Waals surface area (Å²) in [5, 5.41) is 3.29. The van der Waals surface area contributed by atoms with Crippen LogP contribution in [0, 0.1) is 0 Å². The zero-order chi connectivity index (χ0) is 17.4. The van der Waals surface area contributed by atoms with Gasteiger partial charge in [-0.3, -0.25) is 4.79 Å². The third-order valence-electron chi connectivity index (χ3n) is 3.85. The molecule has 0 bridgehead atoms. The second-order valence-electron chi connectivity index (χ2n) is 7.14. The van der Waals surface area contributed by atoms with Gasteiger partial charge in [0.15, 0.2) is 0 Å². The number of carbonyl (C=O) groups excluding carboxylic acids is 1. The Morgan fingerprint density at radius 2 is 1.46 bits per heavy atom. The molecule has 0 spiro atoms. The molecule has 0 unspecified atom stereocenters. The van der Waals surface area contributed by atoms with Gasteiger partial charge in [-0.05, 0) is 38.3 Å². The van der Waals surface area contributed by atoms with Crippen LogP contribution in [-0.4, -0.2) is 29.4 Å². The lowest BCUT2D eigenvalue weighted by molar-refractivity contribution is -0.131. The highest BCUT2D eigenvalue weighted by Crippen LogP contribution is 2.08. The van der Waals surface area contributed by atoms with Gasteiger partial charge < -0.3 is 10.2 Å². The molecule has 0 aromatic heterocycles. The summed E-state index contributed by atoms with van der Waals surface area (Å²) in [5.41, 5.74) is 2.36. The van der Waals surface area contributed by atoms with E-state index < -0.39 is 0 Å². The van der Waals surface area contributed by atoms with Gasteiger partial charge in [0.25, 0.3) is 0 Å². The average Bonchev–Trinajstić information content (AvgIpc) is 2.57. The molecule has 0 saturated heterocycles. The molecular formula is C21H28N2O. The number of carbonyl (C=O) groups is 1. The Kier molecular flexibility index (Phi) is 6.56. The average molecular weight is 324 g/mol. The third kappa shape index (κ3) is 6.55. The number of hydrogen-bond acceptors (Lipinski definition) is 2. The van der Waals surface area contributed by atoms with Gasteiger partial charge in [0.2, 0.25) is 5.91 Å². The minimum absolute atomic E-state index is 0.0620. The zero-order valence-electron chi connectivity index (χ0n) is 15.0. The first-order valence-electron chi connectivity index (χ1n) is 8.55. The summed E-state index contributed by atoms with van der Waals surface area (Å²) < 4.78 is 0. The van der Waals surface area contributed by atoms with E-state index in [4.69, 9.17) is 0 Å². The predicted molar refractivity (Wildman–Crippen MR) is 99.8 cm³/mol. The van der Waals surface area contributed by atoms with Crippen LogP contribution in [0.3, 0.4) is 0 Å². The number of benzene rings is 2. The van der Waals surface area contributed by atoms with Crippen LogP contribution in [0.25, 0.3) is 0 Å². The van der Waals surface area contributed by atoms with E-state index in [1.807, 2.05) is 41.3 Å². The molecule has 2 rings (SSSR count). The van der Waals surface area contributed by atoms with Crippen molar-refractivity contribution in [1.82, 2.24) is 10.2 Å². The first-order valence-corrected chi connectivity index (χ1v) is 8.55. The first-order chi connectivity index (χ1) is 11.4. The number of rotatable bonds is 7. The molecule has 128 valence electrons. The van der Waals surface area contributed by atoms with E-state index in [0.29, 0.717) is 13.1 Å². The minimum Gasteiger partial charge on any atom is -0.337 e. The smallest absolute Gasteiger partial charge is 0.236 e. The summed E-state index contributed by atoms with van der Waals surface area (Å²) >= 11 is 0. The molecule has 0 fully saturated rings. The maximum absolute atomic E-state index is 12.7.